The van der Waals surface area contributed by atoms with Crippen molar-refractivity contribution >= 4 is 68.3 Å². The molecule has 0 spiro atoms. The van der Waals surface area contributed by atoms with Gasteiger partial charge in [-0.25, -0.2) is 0 Å². The first-order chi connectivity index (χ1) is 23.9. The fourth-order valence-electron chi connectivity index (χ4n) is 5.73. The first kappa shape index (κ1) is 35.7. The Hall–Kier alpha value is -5.62. The molecule has 0 bridgehead atoms. The van der Waals surface area contributed by atoms with Gasteiger partial charge in [0.2, 0.25) is 5.91 Å². The zero-order valence-corrected chi connectivity index (χ0v) is 29.3. The van der Waals surface area contributed by atoms with Crippen LogP contribution in [0.1, 0.15) is 78.5 Å². The molecule has 1 atom stereocenters. The number of Topliss-reactive ketones (excluding diaryl/α,β-unsaturated/α-hetero) is 1. The molecule has 1 fully saturated rings. The maximum absolute atomic E-state index is 14.0. The minimum atomic E-state index is -0.898. The topological polar surface area (TPSA) is 154 Å². The summed E-state index contributed by atoms with van der Waals surface area (Å²) in [5, 5.41) is 10.9. The number of hydrogen-bond donors (Lipinski definition) is 4. The van der Waals surface area contributed by atoms with E-state index in [9.17, 15) is 28.8 Å². The summed E-state index contributed by atoms with van der Waals surface area (Å²) in [6, 6.07) is 25.1. The van der Waals surface area contributed by atoms with Crippen LogP contribution in [0.5, 0.6) is 0 Å². The maximum Gasteiger partial charge on any atom is 0.257 e. The minimum Gasteiger partial charge on any atom is -0.355 e. The number of alkyl halides is 1. The number of ketones is 1. The van der Waals surface area contributed by atoms with E-state index in [0.29, 0.717) is 25.1 Å². The Balaban J connectivity index is 1.34. The van der Waals surface area contributed by atoms with E-state index in [1.54, 1.807) is 111 Å². The van der Waals surface area contributed by atoms with Gasteiger partial charge in [0.05, 0.1) is 43.6 Å². The lowest BCUT2D eigenvalue weighted by Crippen LogP contribution is -2.43. The van der Waals surface area contributed by atoms with Gasteiger partial charge in [-0.05, 0) is 69.2 Å². The number of likely N-dealkylation sites (tertiary alicyclic amines) is 1. The predicted octanol–water partition coefficient (Wildman–Crippen LogP) is 6.15. The zero-order valence-electron chi connectivity index (χ0n) is 27.7. The Bertz CT molecular complexity index is 1990. The number of nitrogens with one attached hydrogen (secondary N) is 4. The Kier molecular flexibility index (Phi) is 10.9. The average Bonchev–Trinajstić information content (AvgIpc) is 3.61. The van der Waals surface area contributed by atoms with Gasteiger partial charge in [0.15, 0.2) is 5.78 Å². The predicted molar refractivity (Wildman–Crippen MR) is 195 cm³/mol. The number of benzene rings is 4. The third-order valence-corrected chi connectivity index (χ3v) is 8.61. The molecule has 4 N–H and O–H groups in total. The van der Waals surface area contributed by atoms with E-state index in [2.05, 4.69) is 37.2 Å². The number of anilines is 3. The number of halogens is 1. The highest BCUT2D eigenvalue weighted by Gasteiger charge is 2.36. The number of carbonyl (C=O) groups excluding carboxylic acids is 6. The first-order valence-corrected chi connectivity index (χ1v) is 16.8. The van der Waals surface area contributed by atoms with E-state index in [-0.39, 0.29) is 50.9 Å². The molecule has 0 aromatic heterocycles. The maximum atomic E-state index is 14.0. The van der Waals surface area contributed by atoms with E-state index in [1.807, 2.05) is 0 Å². The van der Waals surface area contributed by atoms with Crippen LogP contribution in [0.2, 0.25) is 0 Å². The van der Waals surface area contributed by atoms with Crippen molar-refractivity contribution in [1.82, 2.24) is 10.2 Å². The van der Waals surface area contributed by atoms with Crippen LogP contribution in [0.3, 0.4) is 0 Å². The molecule has 256 valence electrons. The molecule has 1 aliphatic heterocycles. The van der Waals surface area contributed by atoms with E-state index in [0.717, 1.165) is 0 Å². The molecule has 0 saturated carbocycles. The first-order valence-electron chi connectivity index (χ1n) is 16.0. The summed E-state index contributed by atoms with van der Waals surface area (Å²) in [5.74, 6) is -2.67. The lowest BCUT2D eigenvalue weighted by atomic mass is 9.95. The largest absolute Gasteiger partial charge is 0.355 e. The van der Waals surface area contributed by atoms with Gasteiger partial charge in [0.1, 0.15) is 6.04 Å². The van der Waals surface area contributed by atoms with E-state index in [4.69, 9.17) is 0 Å². The molecule has 0 radical (unpaired) electrons. The van der Waals surface area contributed by atoms with Crippen LogP contribution in [0.25, 0.3) is 0 Å². The molecule has 5 rings (SSSR count). The van der Waals surface area contributed by atoms with Gasteiger partial charge in [0, 0.05) is 19.2 Å². The van der Waals surface area contributed by atoms with Crippen LogP contribution in [-0.2, 0) is 4.79 Å². The van der Waals surface area contributed by atoms with Crippen LogP contribution in [0.15, 0.2) is 97.1 Å². The summed E-state index contributed by atoms with van der Waals surface area (Å²) in [7, 11) is 1.49. The molecule has 11 nitrogen and oxygen atoms in total. The second-order valence-corrected chi connectivity index (χ2v) is 14.1. The quantitative estimate of drug-likeness (QED) is 0.113. The van der Waals surface area contributed by atoms with Gasteiger partial charge in [-0.1, -0.05) is 70.5 Å². The van der Waals surface area contributed by atoms with Crippen LogP contribution >= 0.6 is 15.9 Å². The van der Waals surface area contributed by atoms with Gasteiger partial charge >= 0.3 is 0 Å². The fraction of sp³-hybridized carbons (Fsp3) is 0.211. The van der Waals surface area contributed by atoms with Crippen molar-refractivity contribution in [3.63, 3.8) is 0 Å². The van der Waals surface area contributed by atoms with Crippen molar-refractivity contribution in [2.75, 3.05) is 29.5 Å². The van der Waals surface area contributed by atoms with E-state index < -0.39 is 34.0 Å². The molecule has 0 unspecified atom stereocenters. The monoisotopic (exact) mass is 737 g/mol. The molecule has 1 aliphatic rings. The minimum absolute atomic E-state index is 0.158. The van der Waals surface area contributed by atoms with Crippen molar-refractivity contribution in [2.45, 2.75) is 37.1 Å². The van der Waals surface area contributed by atoms with Crippen molar-refractivity contribution in [3.05, 3.63) is 125 Å². The van der Waals surface area contributed by atoms with Crippen molar-refractivity contribution in [2.24, 2.45) is 0 Å². The number of carbonyl (C=O) groups is 6. The lowest BCUT2D eigenvalue weighted by Gasteiger charge is -2.25. The van der Waals surface area contributed by atoms with Crippen LogP contribution in [0.4, 0.5) is 17.1 Å². The number of rotatable bonds is 10. The smallest absolute Gasteiger partial charge is 0.257 e. The number of nitrogens with zero attached hydrogens (tertiary/aromatic N) is 1. The molecule has 1 heterocycles. The normalized spacial score (nSPS) is 14.0. The molecule has 12 heteroatoms. The summed E-state index contributed by atoms with van der Waals surface area (Å²) in [5.41, 5.74) is 1.79. The fourth-order valence-corrected chi connectivity index (χ4v) is 5.94. The van der Waals surface area contributed by atoms with Crippen molar-refractivity contribution < 1.29 is 28.8 Å². The van der Waals surface area contributed by atoms with Crippen molar-refractivity contribution in [1.29, 1.82) is 0 Å². The Labute approximate surface area is 298 Å². The lowest BCUT2D eigenvalue weighted by molar-refractivity contribution is -0.119. The molecule has 4 aromatic carbocycles. The Morgan fingerprint density at radius 1 is 0.620 bits per heavy atom. The average molecular weight is 739 g/mol. The molecular weight excluding hydrogens is 702 g/mol. The van der Waals surface area contributed by atoms with E-state index in [1.165, 1.54) is 11.9 Å². The molecule has 0 aliphatic carbocycles. The molecule has 4 aromatic rings. The highest BCUT2D eigenvalue weighted by Crippen LogP contribution is 2.28. The summed E-state index contributed by atoms with van der Waals surface area (Å²) >= 11 is 3.37. The van der Waals surface area contributed by atoms with E-state index >= 15 is 0 Å². The summed E-state index contributed by atoms with van der Waals surface area (Å²) in [4.78, 5) is 81.4. The Morgan fingerprint density at radius 2 is 1.06 bits per heavy atom. The van der Waals surface area contributed by atoms with Crippen LogP contribution in [-0.4, -0.2) is 64.2 Å². The number of hydrogen-bond acceptors (Lipinski definition) is 6. The summed E-state index contributed by atoms with van der Waals surface area (Å²) < 4.78 is -0.898. The highest BCUT2D eigenvalue weighted by atomic mass is 79.9. The van der Waals surface area contributed by atoms with Gasteiger partial charge in [-0.3, -0.25) is 28.8 Å². The molecule has 5 amide bonds. The second-order valence-electron chi connectivity index (χ2n) is 12.1. The van der Waals surface area contributed by atoms with Crippen molar-refractivity contribution in [3.8, 4) is 0 Å². The number of para-hydroxylation sites is 3. The highest BCUT2D eigenvalue weighted by molar-refractivity contribution is 9.10. The van der Waals surface area contributed by atoms with Crippen LogP contribution < -0.4 is 21.3 Å². The molecular formula is C38H36BrN5O6. The second kappa shape index (κ2) is 15.3. The molecule has 50 heavy (non-hydrogen) atoms. The third-order valence-electron chi connectivity index (χ3n) is 8.25. The SMILES string of the molecule is CNC(=O)c1ccccc1NC(=O)c1ccccc1NC(=O)[C@H]1CCCN1C(=O)c1ccccc1NC(=O)c1ccccc1C(=O)C(C)(C)Br. The van der Waals surface area contributed by atoms with Gasteiger partial charge in [-0.2, -0.15) is 0 Å². The summed E-state index contributed by atoms with van der Waals surface area (Å²) in [6.07, 6.45) is 0.951. The third kappa shape index (κ3) is 7.81. The standard InChI is InChI=1S/C38H36BrN5O6/c1-38(2,39)32(45)23-13-4-5-14-24(23)34(47)42-30-20-11-8-17-27(30)37(50)44-22-12-21-31(44)36(49)43-29-19-10-7-16-26(29)35(48)41-28-18-9-6-15-25(28)33(46)40-3/h4-11,13-20,31H,12,21-22H2,1-3H3,(H,40,46)(H,41,48)(H,42,47)(H,43,49)/t31-/m1/s1. The van der Waals surface area contributed by atoms with Crippen LogP contribution in [0, 0.1) is 0 Å². The van der Waals surface area contributed by atoms with Gasteiger partial charge < -0.3 is 26.2 Å². The zero-order chi connectivity index (χ0) is 36.0. The number of amides is 5. The Morgan fingerprint density at radius 3 is 1.62 bits per heavy atom. The summed E-state index contributed by atoms with van der Waals surface area (Å²) in [6.45, 7) is 3.70. The van der Waals surface area contributed by atoms with Gasteiger partial charge in [0.25, 0.3) is 23.6 Å². The molecule has 1 saturated heterocycles. The van der Waals surface area contributed by atoms with Gasteiger partial charge in [-0.15, -0.1) is 0 Å².